The van der Waals surface area contributed by atoms with Crippen LogP contribution in [0.1, 0.15) is 12.5 Å². The van der Waals surface area contributed by atoms with Crippen molar-refractivity contribution in [3.05, 3.63) is 53.8 Å². The smallest absolute Gasteiger partial charge is 0.419 e. The van der Waals surface area contributed by atoms with Crippen LogP contribution in [-0.4, -0.2) is 22.5 Å². The quantitative estimate of drug-likeness (QED) is 0.787. The second-order valence-corrected chi connectivity index (χ2v) is 6.69. The Kier molecular flexibility index (Phi) is 6.01. The first-order chi connectivity index (χ1) is 12.1. The van der Waals surface area contributed by atoms with Crippen molar-refractivity contribution in [2.45, 2.75) is 24.1 Å². The molecule has 140 valence electrons. The van der Waals surface area contributed by atoms with Crippen LogP contribution < -0.4 is 10.1 Å². The van der Waals surface area contributed by atoms with Crippen molar-refractivity contribution in [1.29, 1.82) is 0 Å². The van der Waals surface area contributed by atoms with E-state index in [4.69, 9.17) is 4.74 Å². The molecule has 2 atom stereocenters. The first-order valence-electron chi connectivity index (χ1n) is 7.36. The molecule has 0 spiro atoms. The summed E-state index contributed by atoms with van der Waals surface area (Å²) in [7, 11) is -1.53. The van der Waals surface area contributed by atoms with Crippen molar-refractivity contribution in [1.82, 2.24) is 0 Å². The van der Waals surface area contributed by atoms with Crippen LogP contribution in [0.3, 0.4) is 0 Å². The first-order valence-corrected chi connectivity index (χ1v) is 8.92. The number of benzene rings is 2. The van der Waals surface area contributed by atoms with Gasteiger partial charge in [0.05, 0.1) is 21.3 Å². The summed E-state index contributed by atoms with van der Waals surface area (Å²) in [6.07, 6.45) is -4.58. The van der Waals surface area contributed by atoms with Gasteiger partial charge in [-0.05, 0) is 37.3 Å². The molecule has 0 aliphatic heterocycles. The van der Waals surface area contributed by atoms with Gasteiger partial charge in [0.1, 0.15) is 11.6 Å². The lowest BCUT2D eigenvalue weighted by molar-refractivity contribution is -0.140. The van der Waals surface area contributed by atoms with Gasteiger partial charge in [0.15, 0.2) is 6.10 Å². The Labute approximate surface area is 149 Å². The summed E-state index contributed by atoms with van der Waals surface area (Å²) < 4.78 is 69.0. The summed E-state index contributed by atoms with van der Waals surface area (Å²) in [6, 6.07) is 8.10. The summed E-state index contributed by atoms with van der Waals surface area (Å²) in [5.74, 6) is -2.00. The number of carbonyl (C=O) groups is 1. The molecule has 0 heterocycles. The van der Waals surface area contributed by atoms with Gasteiger partial charge < -0.3 is 10.1 Å². The van der Waals surface area contributed by atoms with E-state index in [2.05, 4.69) is 5.32 Å². The Balaban J connectivity index is 2.12. The molecule has 0 bridgehead atoms. The minimum Gasteiger partial charge on any atom is -0.480 e. The van der Waals surface area contributed by atoms with Crippen LogP contribution in [0.2, 0.25) is 0 Å². The van der Waals surface area contributed by atoms with Crippen LogP contribution in [0, 0.1) is 5.82 Å². The van der Waals surface area contributed by atoms with Gasteiger partial charge in [0, 0.05) is 11.9 Å². The molecular formula is C17H15F4NO3S. The molecule has 0 aliphatic carbocycles. The fraction of sp³-hybridized carbons (Fsp3) is 0.235. The van der Waals surface area contributed by atoms with Crippen LogP contribution in [0.15, 0.2) is 47.4 Å². The Morgan fingerprint density at radius 2 is 1.85 bits per heavy atom. The van der Waals surface area contributed by atoms with Crippen LogP contribution >= 0.6 is 0 Å². The van der Waals surface area contributed by atoms with E-state index >= 15 is 0 Å². The number of hydrogen-bond acceptors (Lipinski definition) is 3. The molecule has 0 saturated carbocycles. The third-order valence-electron chi connectivity index (χ3n) is 3.37. The van der Waals surface area contributed by atoms with E-state index in [1.54, 1.807) is 0 Å². The number of alkyl halides is 3. The van der Waals surface area contributed by atoms with Gasteiger partial charge in [-0.1, -0.05) is 12.1 Å². The van der Waals surface area contributed by atoms with Gasteiger partial charge in [-0.3, -0.25) is 9.00 Å². The number of anilines is 1. The SMILES string of the molecule is C[C@@H](Oc1ccccc1C(F)(F)F)C(=O)Nc1ccc([S@](C)=O)c(F)c1. The molecule has 26 heavy (non-hydrogen) atoms. The molecule has 0 radical (unpaired) electrons. The Bertz CT molecular complexity index is 839. The van der Waals surface area contributed by atoms with Gasteiger partial charge >= 0.3 is 6.18 Å². The lowest BCUT2D eigenvalue weighted by Gasteiger charge is -2.18. The molecule has 0 aromatic heterocycles. The normalized spacial score (nSPS) is 13.8. The summed E-state index contributed by atoms with van der Waals surface area (Å²) in [5, 5.41) is 2.34. The monoisotopic (exact) mass is 389 g/mol. The molecule has 2 rings (SSSR count). The number of nitrogens with one attached hydrogen (secondary N) is 1. The van der Waals surface area contributed by atoms with Crippen molar-refractivity contribution in [2.75, 3.05) is 11.6 Å². The fourth-order valence-corrected chi connectivity index (χ4v) is 2.70. The maximum absolute atomic E-state index is 13.8. The Morgan fingerprint density at radius 3 is 2.42 bits per heavy atom. The first kappa shape index (κ1) is 19.9. The molecule has 2 aromatic rings. The highest BCUT2D eigenvalue weighted by Crippen LogP contribution is 2.36. The molecule has 9 heteroatoms. The molecule has 4 nitrogen and oxygen atoms in total. The predicted molar refractivity (Wildman–Crippen MR) is 88.9 cm³/mol. The average molecular weight is 389 g/mol. The second kappa shape index (κ2) is 7.86. The van der Waals surface area contributed by atoms with Crippen LogP contribution in [0.4, 0.5) is 23.2 Å². The highest BCUT2D eigenvalue weighted by Gasteiger charge is 2.34. The van der Waals surface area contributed by atoms with Gasteiger partial charge in [-0.15, -0.1) is 0 Å². The number of halogens is 4. The maximum atomic E-state index is 13.8. The molecule has 0 aliphatic rings. The van der Waals surface area contributed by atoms with Gasteiger partial charge in [0.25, 0.3) is 5.91 Å². The number of para-hydroxylation sites is 1. The zero-order valence-corrected chi connectivity index (χ0v) is 14.6. The summed E-state index contributed by atoms with van der Waals surface area (Å²) >= 11 is 0. The zero-order chi connectivity index (χ0) is 19.5. The number of amides is 1. The molecule has 0 saturated heterocycles. The highest BCUT2D eigenvalue weighted by molar-refractivity contribution is 7.84. The van der Waals surface area contributed by atoms with Gasteiger partial charge in [-0.2, -0.15) is 13.2 Å². The molecule has 2 aromatic carbocycles. The van der Waals surface area contributed by atoms with Crippen molar-refractivity contribution >= 4 is 22.4 Å². The lowest BCUT2D eigenvalue weighted by Crippen LogP contribution is -2.30. The largest absolute Gasteiger partial charge is 0.480 e. The number of ether oxygens (including phenoxy) is 1. The number of rotatable bonds is 5. The van der Waals surface area contributed by atoms with Gasteiger partial charge in [0.2, 0.25) is 0 Å². The predicted octanol–water partition coefficient (Wildman–Crippen LogP) is 3.99. The van der Waals surface area contributed by atoms with Crippen molar-refractivity contribution < 1.29 is 31.3 Å². The van der Waals surface area contributed by atoms with E-state index in [0.29, 0.717) is 0 Å². The lowest BCUT2D eigenvalue weighted by atomic mass is 10.2. The average Bonchev–Trinajstić information content (AvgIpc) is 2.54. The summed E-state index contributed by atoms with van der Waals surface area (Å²) in [6.45, 7) is 1.27. The van der Waals surface area contributed by atoms with E-state index in [9.17, 15) is 26.6 Å². The third kappa shape index (κ3) is 4.81. The molecule has 1 N–H and O–H groups in total. The molecule has 1 amide bonds. The maximum Gasteiger partial charge on any atom is 0.419 e. The van der Waals surface area contributed by atoms with Crippen molar-refractivity contribution in [3.8, 4) is 5.75 Å². The third-order valence-corrected chi connectivity index (χ3v) is 4.33. The summed E-state index contributed by atoms with van der Waals surface area (Å²) in [4.78, 5) is 12.1. The Hall–Kier alpha value is -2.42. The zero-order valence-electron chi connectivity index (χ0n) is 13.8. The van der Waals surface area contributed by atoms with Crippen LogP contribution in [-0.2, 0) is 21.8 Å². The molecule has 0 unspecified atom stereocenters. The van der Waals surface area contributed by atoms with E-state index in [1.807, 2.05) is 0 Å². The Morgan fingerprint density at radius 1 is 1.19 bits per heavy atom. The fourth-order valence-electron chi connectivity index (χ4n) is 2.10. The van der Waals surface area contributed by atoms with E-state index in [-0.39, 0.29) is 10.6 Å². The number of carbonyl (C=O) groups excluding carboxylic acids is 1. The second-order valence-electron chi connectivity index (χ2n) is 5.34. The van der Waals surface area contributed by atoms with E-state index < -0.39 is 46.1 Å². The van der Waals surface area contributed by atoms with Gasteiger partial charge in [-0.25, -0.2) is 4.39 Å². The molecule has 0 fully saturated rings. The minimum atomic E-state index is -4.62. The van der Waals surface area contributed by atoms with E-state index in [0.717, 1.165) is 18.2 Å². The summed E-state index contributed by atoms with van der Waals surface area (Å²) in [5.41, 5.74) is -0.929. The highest BCUT2D eigenvalue weighted by atomic mass is 32.2. The van der Waals surface area contributed by atoms with Crippen molar-refractivity contribution in [2.24, 2.45) is 0 Å². The van der Waals surface area contributed by atoms with E-state index in [1.165, 1.54) is 37.4 Å². The minimum absolute atomic E-state index is 0.0218. The van der Waals surface area contributed by atoms with Crippen LogP contribution in [0.25, 0.3) is 0 Å². The van der Waals surface area contributed by atoms with Crippen LogP contribution in [0.5, 0.6) is 5.75 Å². The van der Waals surface area contributed by atoms with Crippen molar-refractivity contribution in [3.63, 3.8) is 0 Å². The standard InChI is InChI=1S/C17H15F4NO3S/c1-10(25-14-6-4-3-5-12(14)17(19,20)21)16(23)22-11-7-8-15(26(2)24)13(18)9-11/h3-10H,1-2H3,(H,22,23)/t10-,26+/m1/s1. The topological polar surface area (TPSA) is 55.4 Å². The number of hydrogen-bond donors (Lipinski definition) is 1. The molecular weight excluding hydrogens is 374 g/mol.